The number of hydrogen-bond acceptors (Lipinski definition) is 4. The van der Waals surface area contributed by atoms with Gasteiger partial charge in [-0.05, 0) is 0 Å². The monoisotopic (exact) mass is 228 g/mol. The number of nitrogens with zero attached hydrogens (tertiary/aromatic N) is 2. The Balaban J connectivity index is 1.95. The van der Waals surface area contributed by atoms with Crippen molar-refractivity contribution >= 4 is 35.1 Å². The van der Waals surface area contributed by atoms with E-state index in [4.69, 9.17) is 0 Å². The van der Waals surface area contributed by atoms with E-state index in [2.05, 4.69) is 4.99 Å². The molecule has 1 amide bonds. The minimum Gasteiger partial charge on any atom is -0.331 e. The second kappa shape index (κ2) is 3.45. The van der Waals surface area contributed by atoms with E-state index in [1.807, 2.05) is 28.4 Å². The number of carbonyl (C=O) groups excluding carboxylic acids is 1. The van der Waals surface area contributed by atoms with E-state index < -0.39 is 0 Å². The zero-order valence-corrected chi connectivity index (χ0v) is 9.44. The maximum absolute atomic E-state index is 11.9. The minimum absolute atomic E-state index is 0.215. The lowest BCUT2D eigenvalue weighted by molar-refractivity contribution is -0.123. The summed E-state index contributed by atoms with van der Waals surface area (Å²) in [5.74, 6) is 3.48. The van der Waals surface area contributed by atoms with Gasteiger partial charge < -0.3 is 4.90 Å². The molecule has 3 aliphatic heterocycles. The van der Waals surface area contributed by atoms with Gasteiger partial charge in [0.05, 0.1) is 11.3 Å². The highest BCUT2D eigenvalue weighted by Gasteiger charge is 2.47. The lowest BCUT2D eigenvalue weighted by atomic mass is 10.2. The van der Waals surface area contributed by atoms with E-state index >= 15 is 0 Å². The van der Waals surface area contributed by atoms with Crippen molar-refractivity contribution in [3.63, 3.8) is 0 Å². The van der Waals surface area contributed by atoms with Gasteiger partial charge in [0.25, 0.3) is 5.91 Å². The van der Waals surface area contributed by atoms with Crippen LogP contribution in [0.5, 0.6) is 0 Å². The van der Waals surface area contributed by atoms with Gasteiger partial charge in [-0.3, -0.25) is 9.79 Å². The van der Waals surface area contributed by atoms with Gasteiger partial charge >= 0.3 is 0 Å². The summed E-state index contributed by atoms with van der Waals surface area (Å²) >= 11 is 3.88. The molecule has 2 saturated heterocycles. The topological polar surface area (TPSA) is 32.7 Å². The molecule has 0 aromatic carbocycles. The molecular formula is C9H12N2OS2. The molecule has 0 radical (unpaired) electrons. The summed E-state index contributed by atoms with van der Waals surface area (Å²) in [5, 5.41) is 0.379. The fourth-order valence-electron chi connectivity index (χ4n) is 2.27. The number of carbonyl (C=O) groups is 1. The van der Waals surface area contributed by atoms with E-state index in [-0.39, 0.29) is 5.91 Å². The molecule has 0 unspecified atom stereocenters. The van der Waals surface area contributed by atoms with Gasteiger partial charge in [0.2, 0.25) is 0 Å². The van der Waals surface area contributed by atoms with Gasteiger partial charge in [0, 0.05) is 30.3 Å². The number of fused-ring (bicyclic) bond motifs is 3. The van der Waals surface area contributed by atoms with E-state index in [1.165, 1.54) is 0 Å². The molecule has 0 aliphatic carbocycles. The number of amides is 1. The Kier molecular flexibility index (Phi) is 2.24. The third kappa shape index (κ3) is 1.21. The van der Waals surface area contributed by atoms with E-state index in [1.54, 1.807) is 0 Å². The Labute approximate surface area is 91.7 Å². The SMILES string of the molecule is O=C1C2=NCCS[C@@H]2[C@@H]2CSCCN12. The van der Waals surface area contributed by atoms with Crippen LogP contribution in [0.15, 0.2) is 4.99 Å². The van der Waals surface area contributed by atoms with Crippen LogP contribution in [0.2, 0.25) is 0 Å². The number of rotatable bonds is 0. The van der Waals surface area contributed by atoms with Gasteiger partial charge in [0.1, 0.15) is 5.71 Å². The lowest BCUT2D eigenvalue weighted by Crippen LogP contribution is -2.42. The van der Waals surface area contributed by atoms with Crippen molar-refractivity contribution in [2.45, 2.75) is 11.3 Å². The van der Waals surface area contributed by atoms with Crippen molar-refractivity contribution < 1.29 is 4.79 Å². The molecule has 0 aromatic rings. The van der Waals surface area contributed by atoms with Gasteiger partial charge in [-0.2, -0.15) is 11.8 Å². The van der Waals surface area contributed by atoms with Gasteiger partial charge in [-0.15, -0.1) is 11.8 Å². The van der Waals surface area contributed by atoms with Crippen molar-refractivity contribution in [3.8, 4) is 0 Å². The molecule has 0 N–H and O–H groups in total. The summed E-state index contributed by atoms with van der Waals surface area (Å²) in [5.41, 5.74) is 0.855. The summed E-state index contributed by atoms with van der Waals surface area (Å²) in [6, 6.07) is 0.435. The highest BCUT2D eigenvalue weighted by molar-refractivity contribution is 8.01. The first kappa shape index (κ1) is 9.09. The molecule has 2 fully saturated rings. The molecule has 5 heteroatoms. The molecule has 3 rings (SSSR count). The number of thioether (sulfide) groups is 2. The highest BCUT2D eigenvalue weighted by Crippen LogP contribution is 2.34. The molecule has 2 atom stereocenters. The molecule has 0 saturated carbocycles. The maximum Gasteiger partial charge on any atom is 0.269 e. The predicted octanol–water partition coefficient (Wildman–Crippen LogP) is 0.500. The Morgan fingerprint density at radius 3 is 3.29 bits per heavy atom. The fourth-order valence-corrected chi connectivity index (χ4v) is 4.75. The molecule has 3 nitrogen and oxygen atoms in total. The maximum atomic E-state index is 11.9. The Morgan fingerprint density at radius 2 is 2.36 bits per heavy atom. The van der Waals surface area contributed by atoms with Crippen LogP contribution >= 0.6 is 23.5 Å². The third-order valence-corrected chi connectivity index (χ3v) is 5.30. The smallest absolute Gasteiger partial charge is 0.269 e. The van der Waals surface area contributed by atoms with Crippen LogP contribution in [-0.2, 0) is 4.79 Å². The predicted molar refractivity (Wildman–Crippen MR) is 61.4 cm³/mol. The van der Waals surface area contributed by atoms with Crippen LogP contribution in [-0.4, -0.2) is 58.2 Å². The highest BCUT2D eigenvalue weighted by atomic mass is 32.2. The quantitative estimate of drug-likeness (QED) is 0.605. The molecule has 3 heterocycles. The minimum atomic E-state index is 0.215. The van der Waals surface area contributed by atoms with Crippen LogP contribution in [0.4, 0.5) is 0 Å². The second-order valence-electron chi connectivity index (χ2n) is 3.70. The van der Waals surface area contributed by atoms with E-state index in [0.717, 1.165) is 36.1 Å². The first-order valence-electron chi connectivity index (χ1n) is 4.92. The van der Waals surface area contributed by atoms with Crippen molar-refractivity contribution in [3.05, 3.63) is 0 Å². The van der Waals surface area contributed by atoms with E-state index in [0.29, 0.717) is 11.3 Å². The second-order valence-corrected chi connectivity index (χ2v) is 6.10. The van der Waals surface area contributed by atoms with Gasteiger partial charge in [0.15, 0.2) is 0 Å². The first-order valence-corrected chi connectivity index (χ1v) is 7.13. The molecule has 3 aliphatic rings. The van der Waals surface area contributed by atoms with Crippen molar-refractivity contribution in [1.82, 2.24) is 4.90 Å². The summed E-state index contributed by atoms with van der Waals surface area (Å²) in [6.07, 6.45) is 0. The Hall–Kier alpha value is -0.160. The first-order chi connectivity index (χ1) is 6.88. The van der Waals surface area contributed by atoms with Crippen molar-refractivity contribution in [2.75, 3.05) is 30.3 Å². The van der Waals surface area contributed by atoms with Crippen LogP contribution in [0.1, 0.15) is 0 Å². The lowest BCUT2D eigenvalue weighted by Gasteiger charge is -2.31. The van der Waals surface area contributed by atoms with Crippen LogP contribution in [0, 0.1) is 0 Å². The van der Waals surface area contributed by atoms with Crippen LogP contribution in [0.3, 0.4) is 0 Å². The Morgan fingerprint density at radius 1 is 1.43 bits per heavy atom. The molecule has 0 spiro atoms. The fraction of sp³-hybridized carbons (Fsp3) is 0.778. The van der Waals surface area contributed by atoms with E-state index in [9.17, 15) is 4.79 Å². The zero-order valence-electron chi connectivity index (χ0n) is 7.81. The molecule has 0 bridgehead atoms. The summed E-state index contributed by atoms with van der Waals surface area (Å²) in [7, 11) is 0. The summed E-state index contributed by atoms with van der Waals surface area (Å²) < 4.78 is 0. The Bertz CT molecular complexity index is 305. The average Bonchev–Trinajstić information content (AvgIpc) is 2.55. The largest absolute Gasteiger partial charge is 0.331 e. The standard InChI is InChI=1S/C9H12N2OS2/c12-9-7-8(14-3-1-10-7)6-5-13-4-2-11(6)9/h6,8H,1-5H2/t6-,8+/m0/s1. The molecular weight excluding hydrogens is 216 g/mol. The zero-order chi connectivity index (χ0) is 9.54. The van der Waals surface area contributed by atoms with Crippen molar-refractivity contribution in [2.24, 2.45) is 4.99 Å². The van der Waals surface area contributed by atoms with Crippen LogP contribution < -0.4 is 0 Å². The number of aliphatic imine (C=N–C) groups is 1. The average molecular weight is 228 g/mol. The normalized spacial score (nSPS) is 36.4. The molecule has 14 heavy (non-hydrogen) atoms. The summed E-state index contributed by atoms with van der Waals surface area (Å²) in [4.78, 5) is 18.4. The number of hydrogen-bond donors (Lipinski definition) is 0. The van der Waals surface area contributed by atoms with Crippen molar-refractivity contribution in [1.29, 1.82) is 0 Å². The van der Waals surface area contributed by atoms with Gasteiger partial charge in [-0.1, -0.05) is 0 Å². The molecule has 0 aromatic heterocycles. The van der Waals surface area contributed by atoms with Gasteiger partial charge in [-0.25, -0.2) is 0 Å². The third-order valence-electron chi connectivity index (χ3n) is 2.94. The van der Waals surface area contributed by atoms with Crippen LogP contribution in [0.25, 0.3) is 0 Å². The summed E-state index contributed by atoms with van der Waals surface area (Å²) in [6.45, 7) is 1.75. The molecule has 76 valence electrons.